The Hall–Kier alpha value is -5.10. The van der Waals surface area contributed by atoms with E-state index in [4.69, 9.17) is 17.0 Å². The van der Waals surface area contributed by atoms with Crippen LogP contribution in [0.5, 0.6) is 5.75 Å². The number of alkyl halides is 1. The summed E-state index contributed by atoms with van der Waals surface area (Å²) in [5.74, 6) is -5.07. The van der Waals surface area contributed by atoms with Crippen LogP contribution in [0.2, 0.25) is 0 Å². The summed E-state index contributed by atoms with van der Waals surface area (Å²) < 4.78 is 0. The molecule has 1 fully saturated rings. The molecule has 1 saturated heterocycles. The highest BCUT2D eigenvalue weighted by atomic mass is 79.9. The van der Waals surface area contributed by atoms with E-state index in [2.05, 4.69) is 52.2 Å². The van der Waals surface area contributed by atoms with Crippen molar-refractivity contribution in [1.82, 2.24) is 26.2 Å². The molecule has 58 heavy (non-hydrogen) atoms. The molecule has 5 amide bonds. The van der Waals surface area contributed by atoms with Gasteiger partial charge in [0.2, 0.25) is 29.5 Å². The normalized spacial score (nSPS) is 16.7. The minimum Gasteiger partial charge on any atom is -0.508 e. The molecule has 0 aliphatic carbocycles. The second-order valence-electron chi connectivity index (χ2n) is 14.9. The van der Waals surface area contributed by atoms with Gasteiger partial charge in [-0.15, -0.1) is 0 Å². The lowest BCUT2D eigenvalue weighted by Crippen LogP contribution is -2.60. The predicted octanol–water partition coefficient (Wildman–Crippen LogP) is 2.34. The molecule has 2 rings (SSSR count). The Morgan fingerprint density at radius 1 is 0.931 bits per heavy atom. The number of amides is 5. The van der Waals surface area contributed by atoms with Gasteiger partial charge in [0.15, 0.2) is 5.96 Å². The van der Waals surface area contributed by atoms with Crippen molar-refractivity contribution < 1.29 is 39.0 Å². The quantitative estimate of drug-likeness (QED) is 0.0135. The third-order valence-electron chi connectivity index (χ3n) is 9.88. The fourth-order valence-corrected chi connectivity index (χ4v) is 6.92. The molecule has 1 heterocycles. The minimum absolute atomic E-state index is 0.0126. The molecule has 0 radical (unpaired) electrons. The second-order valence-corrected chi connectivity index (χ2v) is 15.7. The van der Waals surface area contributed by atoms with Crippen molar-refractivity contribution in [3.05, 3.63) is 40.3 Å². The number of phenolic OH excluding ortho intramolecular Hbond substituents is 1. The number of unbranched alkanes of at least 4 members (excludes halogenated alkanes) is 1. The number of azide groups is 1. The smallest absolute Gasteiger partial charge is 0.326 e. The number of nitrogens with zero attached hydrogens (tertiary/aromatic N) is 5. The van der Waals surface area contributed by atoms with E-state index in [1.807, 2.05) is 20.8 Å². The number of aliphatic carboxylic acids is 1. The molecule has 0 spiro atoms. The summed E-state index contributed by atoms with van der Waals surface area (Å²) in [6.07, 6.45) is 3.23. The Morgan fingerprint density at radius 2 is 1.60 bits per heavy atom. The fourth-order valence-electron chi connectivity index (χ4n) is 6.52. The van der Waals surface area contributed by atoms with Gasteiger partial charge in [0.25, 0.3) is 0 Å². The van der Waals surface area contributed by atoms with Crippen LogP contribution in [0.4, 0.5) is 0 Å². The van der Waals surface area contributed by atoms with E-state index in [0.29, 0.717) is 36.6 Å². The number of guanidine groups is 1. The van der Waals surface area contributed by atoms with Gasteiger partial charge in [-0.3, -0.25) is 29.0 Å². The summed E-state index contributed by atoms with van der Waals surface area (Å²) in [7, 11) is 0. The average Bonchev–Trinajstić information content (AvgIpc) is 3.67. The van der Waals surface area contributed by atoms with Crippen LogP contribution in [0.3, 0.4) is 0 Å². The van der Waals surface area contributed by atoms with Crippen LogP contribution < -0.4 is 32.7 Å². The van der Waals surface area contributed by atoms with Crippen LogP contribution in [-0.4, -0.2) is 111 Å². The van der Waals surface area contributed by atoms with E-state index in [1.54, 1.807) is 19.1 Å². The molecule has 1 aliphatic rings. The van der Waals surface area contributed by atoms with Gasteiger partial charge in [-0.05, 0) is 80.0 Å². The number of halogens is 1. The summed E-state index contributed by atoms with van der Waals surface area (Å²) in [6, 6.07) is -0.814. The Kier molecular flexibility index (Phi) is 21.4. The van der Waals surface area contributed by atoms with Gasteiger partial charge in [0, 0.05) is 29.8 Å². The number of carboxylic acids is 1. The van der Waals surface area contributed by atoms with Crippen LogP contribution in [0, 0.1) is 11.8 Å². The maximum absolute atomic E-state index is 14.2. The third kappa shape index (κ3) is 16.4. The van der Waals surface area contributed by atoms with Crippen LogP contribution in [-0.2, 0) is 35.2 Å². The van der Waals surface area contributed by atoms with Crippen molar-refractivity contribution in [1.29, 1.82) is 0 Å². The first-order valence-corrected chi connectivity index (χ1v) is 20.8. The van der Waals surface area contributed by atoms with Gasteiger partial charge in [-0.2, -0.15) is 0 Å². The highest BCUT2D eigenvalue weighted by Crippen LogP contribution is 2.22. The third-order valence-corrected chi connectivity index (χ3v) is 10.4. The van der Waals surface area contributed by atoms with Crippen molar-refractivity contribution in [2.24, 2.45) is 33.4 Å². The lowest BCUT2D eigenvalue weighted by Gasteiger charge is -2.31. The molecule has 19 nitrogen and oxygen atoms in total. The molecule has 0 unspecified atom stereocenters. The monoisotopic (exact) mass is 877 g/mol. The van der Waals surface area contributed by atoms with Gasteiger partial charge in [-0.25, -0.2) is 4.79 Å². The van der Waals surface area contributed by atoms with Crippen molar-refractivity contribution in [2.75, 3.05) is 18.4 Å². The number of benzene rings is 1. The van der Waals surface area contributed by atoms with Gasteiger partial charge in [0.1, 0.15) is 42.0 Å². The molecule has 1 aromatic rings. The molecule has 10 N–H and O–H groups in total. The first-order valence-electron chi connectivity index (χ1n) is 19.7. The topological polar surface area (TPSA) is 307 Å². The number of hydrogen-bond acceptors (Lipinski definition) is 9. The van der Waals surface area contributed by atoms with Gasteiger partial charge >= 0.3 is 5.97 Å². The number of carboxylic acid groups (broad SMARTS) is 1. The number of aliphatic imine (C=N–C) groups is 1. The molecular formula is C38H60BrN11O8. The van der Waals surface area contributed by atoms with E-state index >= 15 is 0 Å². The Balaban J connectivity index is 2.40. The summed E-state index contributed by atoms with van der Waals surface area (Å²) in [6.45, 7) is 7.55. The Morgan fingerprint density at radius 3 is 2.19 bits per heavy atom. The first kappa shape index (κ1) is 49.0. The number of nitrogens with one attached hydrogen (secondary N) is 4. The summed E-state index contributed by atoms with van der Waals surface area (Å²) in [4.78, 5) is 89.3. The largest absolute Gasteiger partial charge is 0.508 e. The molecular weight excluding hydrogens is 818 g/mol. The maximum atomic E-state index is 14.2. The number of phenols is 1. The van der Waals surface area contributed by atoms with Crippen molar-refractivity contribution in [2.45, 2.75) is 128 Å². The highest BCUT2D eigenvalue weighted by molar-refractivity contribution is 9.09. The number of likely N-dealkylation sites (tertiary alicyclic amines) is 1. The van der Waals surface area contributed by atoms with E-state index in [-0.39, 0.29) is 62.8 Å². The molecule has 0 bridgehead atoms. The number of carbonyl (C=O) groups is 6. The molecule has 322 valence electrons. The van der Waals surface area contributed by atoms with Crippen LogP contribution in [0.15, 0.2) is 34.4 Å². The van der Waals surface area contributed by atoms with Gasteiger partial charge in [-0.1, -0.05) is 73.7 Å². The summed E-state index contributed by atoms with van der Waals surface area (Å²) in [5, 5.41) is 34.7. The van der Waals surface area contributed by atoms with Gasteiger partial charge < -0.3 is 47.8 Å². The second kappa shape index (κ2) is 25.3. The van der Waals surface area contributed by atoms with Crippen LogP contribution in [0.1, 0.15) is 91.0 Å². The molecule has 0 saturated carbocycles. The number of hydrogen-bond donors (Lipinski definition) is 8. The van der Waals surface area contributed by atoms with E-state index < -0.39 is 77.7 Å². The average molecular weight is 879 g/mol. The van der Waals surface area contributed by atoms with E-state index in [1.165, 1.54) is 17.0 Å². The van der Waals surface area contributed by atoms with Crippen molar-refractivity contribution in [3.63, 3.8) is 0 Å². The lowest BCUT2D eigenvalue weighted by molar-refractivity contribution is -0.143. The molecule has 20 heteroatoms. The van der Waals surface area contributed by atoms with Crippen molar-refractivity contribution in [3.8, 4) is 5.75 Å². The molecule has 0 aromatic heterocycles. The van der Waals surface area contributed by atoms with Crippen molar-refractivity contribution >= 4 is 57.4 Å². The van der Waals surface area contributed by atoms with E-state index in [0.717, 1.165) is 6.42 Å². The zero-order valence-corrected chi connectivity index (χ0v) is 35.3. The standard InChI is InChI=1S/C38H60BrN11O8/c1-5-23(4)31(35(55)46-29(37(57)58)20-22(2)3)47-33(53)28(21-24-13-15-25(51)16-14-24)45-34(54)30-12-9-19-50(30)36(56)27(11-8-18-43-38(40)41)44-32(52)26(48-49-42)10-6-7-17-39/h13-16,22-23,26-31,51H,5-12,17-21H2,1-4H3,(H,44,52)(H,45,54)(H,46,55)(H,47,53)(H,57,58)(H4,40,41,43)/t23-,26-,27-,28-,29-,30-,31-/m0/s1. The molecule has 1 aromatic carbocycles. The van der Waals surface area contributed by atoms with Gasteiger partial charge in [0.05, 0.1) is 0 Å². The molecule has 7 atom stereocenters. The highest BCUT2D eigenvalue weighted by Gasteiger charge is 2.40. The van der Waals surface area contributed by atoms with E-state index in [9.17, 15) is 39.0 Å². The summed E-state index contributed by atoms with van der Waals surface area (Å²) >= 11 is 3.34. The number of carbonyl (C=O) groups excluding carboxylic acids is 5. The van der Waals surface area contributed by atoms with Crippen LogP contribution in [0.25, 0.3) is 10.4 Å². The molecule has 1 aliphatic heterocycles. The Bertz CT molecular complexity index is 1620. The number of aromatic hydroxyl groups is 1. The maximum Gasteiger partial charge on any atom is 0.326 e. The lowest BCUT2D eigenvalue weighted by atomic mass is 9.96. The fraction of sp³-hybridized carbons (Fsp3) is 0.658. The first-order chi connectivity index (χ1) is 27.5. The Labute approximate surface area is 347 Å². The number of nitrogens with two attached hydrogens (primary N) is 2. The van der Waals surface area contributed by atoms with Crippen LogP contribution >= 0.6 is 15.9 Å². The number of rotatable bonds is 25. The zero-order chi connectivity index (χ0) is 43.4. The minimum atomic E-state index is -1.26. The zero-order valence-electron chi connectivity index (χ0n) is 33.7. The predicted molar refractivity (Wildman–Crippen MR) is 221 cm³/mol. The SMILES string of the molecule is CC[C@H](C)[C@H](NC(=O)[C@H](Cc1ccc(O)cc1)NC(=O)[C@@H]1CCCN1C(=O)[C@H](CCCN=C(N)N)NC(=O)[C@H](CCCCBr)N=[N+]=[N-])C(=O)N[C@@H](CC(C)C)C(=O)O. The summed E-state index contributed by atoms with van der Waals surface area (Å²) in [5.41, 5.74) is 20.6.